The van der Waals surface area contributed by atoms with Gasteiger partial charge in [-0.15, -0.1) is 0 Å². The zero-order valence-electron chi connectivity index (χ0n) is 17.0. The minimum atomic E-state index is 0.432. The van der Waals surface area contributed by atoms with E-state index >= 15 is 0 Å². The van der Waals surface area contributed by atoms with Crippen LogP contribution in [0.1, 0.15) is 22.3 Å². The SMILES string of the molecule is COc1ccccc1CNCc1cc(Cl)c(OCc2ccc(C)cc2)c(OC)c1. The number of para-hydroxylation sites is 1. The van der Waals surface area contributed by atoms with Crippen LogP contribution in [0.15, 0.2) is 60.7 Å². The van der Waals surface area contributed by atoms with Gasteiger partial charge in [-0.25, -0.2) is 0 Å². The number of nitrogens with one attached hydrogen (secondary N) is 1. The monoisotopic (exact) mass is 411 g/mol. The van der Waals surface area contributed by atoms with Crippen molar-refractivity contribution in [2.45, 2.75) is 26.6 Å². The molecular formula is C24H26ClNO3. The summed E-state index contributed by atoms with van der Waals surface area (Å²) in [7, 11) is 3.30. The van der Waals surface area contributed by atoms with Crippen molar-refractivity contribution < 1.29 is 14.2 Å². The van der Waals surface area contributed by atoms with Crippen LogP contribution in [0.2, 0.25) is 5.02 Å². The third-order valence-corrected chi connectivity index (χ3v) is 4.91. The van der Waals surface area contributed by atoms with E-state index in [1.54, 1.807) is 14.2 Å². The Bertz CT molecular complexity index is 941. The van der Waals surface area contributed by atoms with Gasteiger partial charge in [0, 0.05) is 18.7 Å². The normalized spacial score (nSPS) is 10.6. The summed E-state index contributed by atoms with van der Waals surface area (Å²) < 4.78 is 16.9. The molecule has 4 nitrogen and oxygen atoms in total. The van der Waals surface area contributed by atoms with E-state index in [9.17, 15) is 0 Å². The van der Waals surface area contributed by atoms with Gasteiger partial charge >= 0.3 is 0 Å². The van der Waals surface area contributed by atoms with Crippen LogP contribution in [0, 0.1) is 6.92 Å². The first kappa shape index (κ1) is 21.0. The summed E-state index contributed by atoms with van der Waals surface area (Å²) in [5.74, 6) is 2.05. The van der Waals surface area contributed by atoms with Crippen molar-refractivity contribution in [2.24, 2.45) is 0 Å². The molecule has 0 bridgehead atoms. The van der Waals surface area contributed by atoms with E-state index in [0.717, 1.165) is 22.4 Å². The molecule has 0 aromatic heterocycles. The molecule has 0 unspecified atom stereocenters. The minimum absolute atomic E-state index is 0.432. The lowest BCUT2D eigenvalue weighted by atomic mass is 10.1. The van der Waals surface area contributed by atoms with Crippen LogP contribution in [0.5, 0.6) is 17.2 Å². The Labute approximate surface area is 177 Å². The molecule has 29 heavy (non-hydrogen) atoms. The fraction of sp³-hybridized carbons (Fsp3) is 0.250. The summed E-state index contributed by atoms with van der Waals surface area (Å²) in [6.07, 6.45) is 0. The first-order valence-corrected chi connectivity index (χ1v) is 9.86. The van der Waals surface area contributed by atoms with E-state index in [0.29, 0.717) is 36.2 Å². The summed E-state index contributed by atoms with van der Waals surface area (Å²) in [5.41, 5.74) is 4.42. The summed E-state index contributed by atoms with van der Waals surface area (Å²) in [4.78, 5) is 0. The van der Waals surface area contributed by atoms with Gasteiger partial charge < -0.3 is 19.5 Å². The minimum Gasteiger partial charge on any atom is -0.496 e. The van der Waals surface area contributed by atoms with Gasteiger partial charge in [0.15, 0.2) is 11.5 Å². The van der Waals surface area contributed by atoms with E-state index in [4.69, 9.17) is 25.8 Å². The molecule has 3 aromatic rings. The third kappa shape index (κ3) is 5.66. The van der Waals surface area contributed by atoms with Crippen molar-refractivity contribution in [3.63, 3.8) is 0 Å². The van der Waals surface area contributed by atoms with Crippen LogP contribution in [0.4, 0.5) is 0 Å². The van der Waals surface area contributed by atoms with E-state index in [1.165, 1.54) is 5.56 Å². The Morgan fingerprint density at radius 2 is 1.55 bits per heavy atom. The maximum Gasteiger partial charge on any atom is 0.180 e. The van der Waals surface area contributed by atoms with Crippen molar-refractivity contribution in [3.8, 4) is 17.2 Å². The van der Waals surface area contributed by atoms with Crippen molar-refractivity contribution in [2.75, 3.05) is 14.2 Å². The highest BCUT2D eigenvalue weighted by Gasteiger charge is 2.13. The molecule has 0 spiro atoms. The molecule has 3 aromatic carbocycles. The molecule has 152 valence electrons. The van der Waals surface area contributed by atoms with Gasteiger partial charge in [-0.05, 0) is 36.2 Å². The maximum atomic E-state index is 6.50. The largest absolute Gasteiger partial charge is 0.496 e. The Balaban J connectivity index is 1.65. The van der Waals surface area contributed by atoms with Gasteiger partial charge in [-0.1, -0.05) is 59.6 Å². The number of methoxy groups -OCH3 is 2. The van der Waals surface area contributed by atoms with Crippen LogP contribution in [-0.4, -0.2) is 14.2 Å². The lowest BCUT2D eigenvalue weighted by molar-refractivity contribution is 0.284. The van der Waals surface area contributed by atoms with Crippen molar-refractivity contribution in [1.29, 1.82) is 0 Å². The van der Waals surface area contributed by atoms with E-state index in [1.807, 2.05) is 48.5 Å². The van der Waals surface area contributed by atoms with Crippen LogP contribution in [-0.2, 0) is 19.7 Å². The van der Waals surface area contributed by atoms with E-state index in [2.05, 4.69) is 24.4 Å². The molecule has 0 radical (unpaired) electrons. The van der Waals surface area contributed by atoms with Gasteiger partial charge in [-0.3, -0.25) is 0 Å². The molecule has 3 rings (SSSR count). The molecule has 0 aliphatic rings. The second-order valence-corrected chi connectivity index (χ2v) is 7.21. The molecule has 0 amide bonds. The molecule has 0 atom stereocenters. The zero-order valence-corrected chi connectivity index (χ0v) is 17.8. The molecule has 0 fully saturated rings. The predicted octanol–water partition coefficient (Wildman–Crippen LogP) is 5.53. The summed E-state index contributed by atoms with van der Waals surface area (Å²) in [6.45, 7) is 3.83. The molecule has 0 saturated carbocycles. The second kappa shape index (κ2) is 10.2. The number of halogens is 1. The number of rotatable bonds is 9. The number of hydrogen-bond acceptors (Lipinski definition) is 4. The first-order chi connectivity index (χ1) is 14.1. The first-order valence-electron chi connectivity index (χ1n) is 9.48. The molecule has 0 saturated heterocycles. The van der Waals surface area contributed by atoms with Crippen molar-refractivity contribution in [1.82, 2.24) is 5.32 Å². The zero-order chi connectivity index (χ0) is 20.6. The standard InChI is InChI=1S/C24H26ClNO3/c1-17-8-10-18(11-9-17)16-29-24-21(25)12-19(13-23(24)28-3)14-26-15-20-6-4-5-7-22(20)27-2/h4-13,26H,14-16H2,1-3H3. The summed E-state index contributed by atoms with van der Waals surface area (Å²) in [6, 6.07) is 20.0. The van der Waals surface area contributed by atoms with E-state index < -0.39 is 0 Å². The van der Waals surface area contributed by atoms with Crippen molar-refractivity contribution in [3.05, 3.63) is 87.9 Å². The average molecular weight is 412 g/mol. The summed E-state index contributed by atoms with van der Waals surface area (Å²) in [5, 5.41) is 3.95. The molecular weight excluding hydrogens is 386 g/mol. The van der Waals surface area contributed by atoms with Gasteiger partial charge in [0.25, 0.3) is 0 Å². The fourth-order valence-corrected chi connectivity index (χ4v) is 3.33. The topological polar surface area (TPSA) is 39.7 Å². The molecule has 5 heteroatoms. The number of hydrogen-bond donors (Lipinski definition) is 1. The predicted molar refractivity (Wildman–Crippen MR) is 117 cm³/mol. The van der Waals surface area contributed by atoms with Crippen LogP contribution in [0.3, 0.4) is 0 Å². The number of benzene rings is 3. The number of aryl methyl sites for hydroxylation is 1. The van der Waals surface area contributed by atoms with Crippen LogP contribution < -0.4 is 19.5 Å². The highest BCUT2D eigenvalue weighted by Crippen LogP contribution is 2.37. The highest BCUT2D eigenvalue weighted by molar-refractivity contribution is 6.32. The average Bonchev–Trinajstić information content (AvgIpc) is 2.74. The molecule has 0 aliphatic heterocycles. The highest BCUT2D eigenvalue weighted by atomic mass is 35.5. The Morgan fingerprint density at radius 1 is 0.828 bits per heavy atom. The van der Waals surface area contributed by atoms with Crippen molar-refractivity contribution >= 4 is 11.6 Å². The van der Waals surface area contributed by atoms with E-state index in [-0.39, 0.29) is 0 Å². The second-order valence-electron chi connectivity index (χ2n) is 6.80. The molecule has 1 N–H and O–H groups in total. The van der Waals surface area contributed by atoms with Crippen LogP contribution in [0.25, 0.3) is 0 Å². The maximum absolute atomic E-state index is 6.50. The fourth-order valence-electron chi connectivity index (χ4n) is 3.05. The van der Waals surface area contributed by atoms with Gasteiger partial charge in [0.2, 0.25) is 0 Å². The Kier molecular flexibility index (Phi) is 7.39. The Morgan fingerprint density at radius 3 is 2.28 bits per heavy atom. The number of ether oxygens (including phenoxy) is 3. The quantitative estimate of drug-likeness (QED) is 0.502. The van der Waals surface area contributed by atoms with Gasteiger partial charge in [-0.2, -0.15) is 0 Å². The Hall–Kier alpha value is -2.69. The molecule has 0 heterocycles. The van der Waals surface area contributed by atoms with Gasteiger partial charge in [0.1, 0.15) is 12.4 Å². The smallest absolute Gasteiger partial charge is 0.180 e. The molecule has 0 aliphatic carbocycles. The van der Waals surface area contributed by atoms with Crippen LogP contribution >= 0.6 is 11.6 Å². The lowest BCUT2D eigenvalue weighted by Crippen LogP contribution is -2.13. The lowest BCUT2D eigenvalue weighted by Gasteiger charge is -2.15. The third-order valence-electron chi connectivity index (χ3n) is 4.63. The van der Waals surface area contributed by atoms with Gasteiger partial charge in [0.05, 0.1) is 19.2 Å². The summed E-state index contributed by atoms with van der Waals surface area (Å²) >= 11 is 6.50.